The Kier molecular flexibility index (Phi) is 4.24. The van der Waals surface area contributed by atoms with E-state index in [1.807, 2.05) is 19.1 Å². The number of para-hydroxylation sites is 1. The molecule has 0 fully saturated rings. The maximum atomic E-state index is 12.3. The molecule has 2 N–H and O–H groups in total. The van der Waals surface area contributed by atoms with Crippen LogP contribution < -0.4 is 10.2 Å². The Morgan fingerprint density at radius 2 is 2.09 bits per heavy atom. The molecular formula is C19H22N2O2. The van der Waals surface area contributed by atoms with E-state index in [4.69, 9.17) is 0 Å². The zero-order chi connectivity index (χ0) is 16.4. The summed E-state index contributed by atoms with van der Waals surface area (Å²) in [5, 5.41) is 12.8. The Morgan fingerprint density at radius 1 is 1.30 bits per heavy atom. The third-order valence-corrected chi connectivity index (χ3v) is 4.41. The average molecular weight is 310 g/mol. The second-order valence-electron chi connectivity index (χ2n) is 6.15. The highest BCUT2D eigenvalue weighted by Crippen LogP contribution is 2.29. The SMILES string of the molecule is Cc1ccc(C(=O)NCC(C)N2CCc3ccccc32)c(O)c1. The average Bonchev–Trinajstić information content (AvgIpc) is 2.96. The van der Waals surface area contributed by atoms with Crippen LogP contribution in [0.15, 0.2) is 42.5 Å². The number of hydrogen-bond acceptors (Lipinski definition) is 3. The van der Waals surface area contributed by atoms with Gasteiger partial charge in [0.2, 0.25) is 0 Å². The van der Waals surface area contributed by atoms with Crippen LogP contribution in [0.3, 0.4) is 0 Å². The molecule has 1 aliphatic rings. The Bertz CT molecular complexity index is 727. The zero-order valence-corrected chi connectivity index (χ0v) is 13.5. The van der Waals surface area contributed by atoms with Crippen LogP contribution >= 0.6 is 0 Å². The molecule has 0 aliphatic carbocycles. The molecule has 0 aromatic heterocycles. The summed E-state index contributed by atoms with van der Waals surface area (Å²) < 4.78 is 0. The van der Waals surface area contributed by atoms with Crippen LogP contribution in [0.2, 0.25) is 0 Å². The van der Waals surface area contributed by atoms with Gasteiger partial charge in [-0.25, -0.2) is 0 Å². The molecule has 1 heterocycles. The number of nitrogens with zero attached hydrogens (tertiary/aromatic N) is 1. The van der Waals surface area contributed by atoms with Crippen molar-refractivity contribution in [1.82, 2.24) is 5.32 Å². The number of amides is 1. The number of hydrogen-bond donors (Lipinski definition) is 2. The van der Waals surface area contributed by atoms with Gasteiger partial charge in [-0.05, 0) is 49.6 Å². The van der Waals surface area contributed by atoms with Crippen LogP contribution in [0.5, 0.6) is 5.75 Å². The largest absolute Gasteiger partial charge is 0.507 e. The van der Waals surface area contributed by atoms with E-state index in [1.165, 1.54) is 11.3 Å². The van der Waals surface area contributed by atoms with Crippen molar-refractivity contribution in [2.75, 3.05) is 18.0 Å². The van der Waals surface area contributed by atoms with E-state index in [9.17, 15) is 9.90 Å². The van der Waals surface area contributed by atoms with Gasteiger partial charge in [0.1, 0.15) is 5.75 Å². The third-order valence-electron chi connectivity index (χ3n) is 4.41. The van der Waals surface area contributed by atoms with Crippen molar-refractivity contribution in [3.05, 3.63) is 59.2 Å². The summed E-state index contributed by atoms with van der Waals surface area (Å²) in [5.74, 6) is -0.205. The highest BCUT2D eigenvalue weighted by molar-refractivity contribution is 5.96. The van der Waals surface area contributed by atoms with Crippen LogP contribution in [0.4, 0.5) is 5.69 Å². The van der Waals surface area contributed by atoms with Gasteiger partial charge in [-0.2, -0.15) is 0 Å². The molecule has 1 aliphatic heterocycles. The number of aromatic hydroxyl groups is 1. The van der Waals surface area contributed by atoms with E-state index in [0.29, 0.717) is 12.1 Å². The molecule has 0 saturated heterocycles. The Hall–Kier alpha value is -2.49. The first-order valence-electron chi connectivity index (χ1n) is 7.98. The van der Waals surface area contributed by atoms with Crippen molar-refractivity contribution in [3.63, 3.8) is 0 Å². The standard InChI is InChI=1S/C19H22N2O2/c1-13-7-8-16(18(22)11-13)19(23)20-12-14(2)21-10-9-15-5-3-4-6-17(15)21/h3-8,11,14,22H,9-10,12H2,1-2H3,(H,20,23). The van der Waals surface area contributed by atoms with E-state index in [1.54, 1.807) is 12.1 Å². The number of phenolic OH excluding ortho intramolecular Hbond substituents is 1. The Morgan fingerprint density at radius 3 is 2.87 bits per heavy atom. The summed E-state index contributed by atoms with van der Waals surface area (Å²) >= 11 is 0. The van der Waals surface area contributed by atoms with Crippen molar-refractivity contribution < 1.29 is 9.90 Å². The minimum Gasteiger partial charge on any atom is -0.507 e. The summed E-state index contributed by atoms with van der Waals surface area (Å²) in [4.78, 5) is 14.6. The Balaban J connectivity index is 1.63. The fourth-order valence-corrected chi connectivity index (χ4v) is 3.10. The van der Waals surface area contributed by atoms with Gasteiger partial charge in [0.15, 0.2) is 0 Å². The molecule has 0 saturated carbocycles. The molecule has 1 unspecified atom stereocenters. The summed E-state index contributed by atoms with van der Waals surface area (Å²) in [6.07, 6.45) is 1.05. The predicted molar refractivity (Wildman–Crippen MR) is 92.1 cm³/mol. The van der Waals surface area contributed by atoms with Crippen molar-refractivity contribution >= 4 is 11.6 Å². The van der Waals surface area contributed by atoms with E-state index in [2.05, 4.69) is 35.3 Å². The number of carbonyl (C=O) groups is 1. The van der Waals surface area contributed by atoms with Gasteiger partial charge < -0.3 is 15.3 Å². The molecule has 0 spiro atoms. The summed E-state index contributed by atoms with van der Waals surface area (Å²) in [5.41, 5.74) is 3.88. The van der Waals surface area contributed by atoms with Crippen LogP contribution in [0.1, 0.15) is 28.4 Å². The van der Waals surface area contributed by atoms with Crippen molar-refractivity contribution in [2.45, 2.75) is 26.3 Å². The van der Waals surface area contributed by atoms with E-state index in [-0.39, 0.29) is 17.7 Å². The van der Waals surface area contributed by atoms with Crippen LogP contribution in [0.25, 0.3) is 0 Å². The van der Waals surface area contributed by atoms with E-state index in [0.717, 1.165) is 18.5 Å². The molecule has 2 aromatic rings. The van der Waals surface area contributed by atoms with Gasteiger partial charge in [-0.3, -0.25) is 4.79 Å². The van der Waals surface area contributed by atoms with Crippen LogP contribution in [0, 0.1) is 6.92 Å². The maximum Gasteiger partial charge on any atom is 0.255 e. The van der Waals surface area contributed by atoms with Gasteiger partial charge in [-0.1, -0.05) is 24.3 Å². The minimum atomic E-state index is -0.234. The lowest BCUT2D eigenvalue weighted by atomic mass is 10.1. The van der Waals surface area contributed by atoms with Crippen LogP contribution in [-0.4, -0.2) is 30.1 Å². The van der Waals surface area contributed by atoms with Gasteiger partial charge in [-0.15, -0.1) is 0 Å². The lowest BCUT2D eigenvalue weighted by Crippen LogP contribution is -2.41. The number of anilines is 1. The Labute approximate surface area is 136 Å². The monoisotopic (exact) mass is 310 g/mol. The summed E-state index contributed by atoms with van der Waals surface area (Å²) in [6, 6.07) is 13.7. The fourth-order valence-electron chi connectivity index (χ4n) is 3.10. The minimum absolute atomic E-state index is 0.0293. The number of carbonyl (C=O) groups excluding carboxylic acids is 1. The molecule has 120 valence electrons. The maximum absolute atomic E-state index is 12.3. The number of benzene rings is 2. The fraction of sp³-hybridized carbons (Fsp3) is 0.316. The second-order valence-corrected chi connectivity index (χ2v) is 6.15. The van der Waals surface area contributed by atoms with Crippen LogP contribution in [-0.2, 0) is 6.42 Å². The van der Waals surface area contributed by atoms with Gasteiger partial charge in [0.25, 0.3) is 5.91 Å². The smallest absolute Gasteiger partial charge is 0.255 e. The third kappa shape index (κ3) is 3.16. The van der Waals surface area contributed by atoms with Crippen molar-refractivity contribution in [3.8, 4) is 5.75 Å². The predicted octanol–water partition coefficient (Wildman–Crippen LogP) is 2.88. The highest BCUT2D eigenvalue weighted by Gasteiger charge is 2.23. The molecule has 23 heavy (non-hydrogen) atoms. The van der Waals surface area contributed by atoms with Crippen molar-refractivity contribution in [2.24, 2.45) is 0 Å². The first-order chi connectivity index (χ1) is 11.1. The quantitative estimate of drug-likeness (QED) is 0.913. The number of rotatable bonds is 4. The molecule has 0 bridgehead atoms. The lowest BCUT2D eigenvalue weighted by Gasteiger charge is -2.27. The zero-order valence-electron chi connectivity index (χ0n) is 13.5. The van der Waals surface area contributed by atoms with Gasteiger partial charge >= 0.3 is 0 Å². The summed E-state index contributed by atoms with van der Waals surface area (Å²) in [6.45, 7) is 5.51. The molecule has 1 amide bonds. The molecular weight excluding hydrogens is 288 g/mol. The first-order valence-corrected chi connectivity index (χ1v) is 7.98. The molecule has 2 aromatic carbocycles. The van der Waals surface area contributed by atoms with Crippen molar-refractivity contribution in [1.29, 1.82) is 0 Å². The molecule has 4 nitrogen and oxygen atoms in total. The highest BCUT2D eigenvalue weighted by atomic mass is 16.3. The first kappa shape index (κ1) is 15.4. The van der Waals surface area contributed by atoms with E-state index < -0.39 is 0 Å². The van der Waals surface area contributed by atoms with E-state index >= 15 is 0 Å². The number of fused-ring (bicyclic) bond motifs is 1. The van der Waals surface area contributed by atoms with Gasteiger partial charge in [0, 0.05) is 24.8 Å². The van der Waals surface area contributed by atoms with Gasteiger partial charge in [0.05, 0.1) is 5.56 Å². The number of aryl methyl sites for hydroxylation is 1. The lowest BCUT2D eigenvalue weighted by molar-refractivity contribution is 0.0949. The summed E-state index contributed by atoms with van der Waals surface area (Å²) in [7, 11) is 0. The number of phenols is 1. The molecule has 4 heteroatoms. The second kappa shape index (κ2) is 6.32. The molecule has 3 rings (SSSR count). The molecule has 0 radical (unpaired) electrons. The normalized spacial score (nSPS) is 14.4. The number of nitrogens with one attached hydrogen (secondary N) is 1. The molecule has 1 atom stereocenters. The topological polar surface area (TPSA) is 52.6 Å².